The molecule has 0 saturated carbocycles. The van der Waals surface area contributed by atoms with Crippen molar-refractivity contribution < 1.29 is 25.5 Å². The van der Waals surface area contributed by atoms with E-state index in [1.165, 1.54) is 0 Å². The molecule has 0 atom stereocenters. The molecule has 0 heterocycles. The van der Waals surface area contributed by atoms with E-state index < -0.39 is 22.4 Å². The van der Waals surface area contributed by atoms with Crippen molar-refractivity contribution >= 4 is 16.2 Å². The molecule has 0 spiro atoms. The monoisotopic (exact) mass is 222 g/mol. The molecular weight excluding hydrogens is 216 g/mol. The number of nitrogens with zero attached hydrogens (tertiary/aromatic N) is 2. The fourth-order valence-electron chi connectivity index (χ4n) is 0.490. The summed E-state index contributed by atoms with van der Waals surface area (Å²) in [5.74, 6) is -1.81. The molecule has 0 N–H and O–H groups in total. The third-order valence-corrected chi connectivity index (χ3v) is 1.26. The van der Waals surface area contributed by atoms with E-state index in [2.05, 4.69) is 0 Å². The van der Waals surface area contributed by atoms with E-state index in [4.69, 9.17) is 0 Å². The summed E-state index contributed by atoms with van der Waals surface area (Å²) in [6.07, 6.45) is -5.00. The Bertz CT molecular complexity index is 305. The van der Waals surface area contributed by atoms with Gasteiger partial charge in [-0.3, -0.25) is 0 Å². The molecule has 9 heteroatoms. The van der Waals surface area contributed by atoms with E-state index in [1.807, 2.05) is 4.40 Å². The van der Waals surface area contributed by atoms with Crippen LogP contribution in [0.15, 0.2) is 4.40 Å². The number of amidine groups is 1. The number of alkyl halides is 3. The first-order valence-electron chi connectivity index (χ1n) is 2.83. The predicted molar refractivity (Wildman–Crippen MR) is 37.2 cm³/mol. The van der Waals surface area contributed by atoms with Crippen LogP contribution in [0.4, 0.5) is 17.1 Å². The quantitative estimate of drug-likeness (QED) is 0.284. The Morgan fingerprint density at radius 3 is 1.77 bits per heavy atom. The van der Waals surface area contributed by atoms with E-state index in [0.717, 1.165) is 14.1 Å². The molecule has 0 amide bonds. The highest BCUT2D eigenvalue weighted by molar-refractivity contribution is 7.85. The first kappa shape index (κ1) is 12.1. The molecule has 0 fully saturated rings. The molecular formula is C4H6F4N2O2S. The van der Waals surface area contributed by atoms with E-state index in [1.54, 1.807) is 0 Å². The Morgan fingerprint density at radius 1 is 1.31 bits per heavy atom. The van der Waals surface area contributed by atoms with Crippen LogP contribution in [0.5, 0.6) is 0 Å². The Hall–Kier alpha value is -0.860. The van der Waals surface area contributed by atoms with Crippen LogP contribution in [0.2, 0.25) is 0 Å². The van der Waals surface area contributed by atoms with E-state index in [0.29, 0.717) is 4.90 Å². The van der Waals surface area contributed by atoms with Gasteiger partial charge >= 0.3 is 16.6 Å². The third kappa shape index (κ3) is 4.65. The highest BCUT2D eigenvalue weighted by Crippen LogP contribution is 2.19. The van der Waals surface area contributed by atoms with Gasteiger partial charge in [0.2, 0.25) is 5.84 Å². The Morgan fingerprint density at radius 2 is 1.69 bits per heavy atom. The fraction of sp³-hybridized carbons (Fsp3) is 0.750. The predicted octanol–water partition coefficient (Wildman–Crippen LogP) is 0.723. The maximum atomic E-state index is 11.9. The summed E-state index contributed by atoms with van der Waals surface area (Å²) in [6.45, 7) is 0. The molecule has 0 aliphatic carbocycles. The Kier molecular flexibility index (Phi) is 3.25. The number of rotatable bonds is 1. The van der Waals surface area contributed by atoms with Crippen LogP contribution in [0, 0.1) is 0 Å². The van der Waals surface area contributed by atoms with Gasteiger partial charge in [0.15, 0.2) is 0 Å². The van der Waals surface area contributed by atoms with Gasteiger partial charge in [-0.1, -0.05) is 3.89 Å². The van der Waals surface area contributed by atoms with Gasteiger partial charge in [0.1, 0.15) is 0 Å². The molecule has 0 aromatic rings. The second-order valence-electron chi connectivity index (χ2n) is 2.22. The molecule has 0 bridgehead atoms. The van der Waals surface area contributed by atoms with Crippen molar-refractivity contribution in [2.24, 2.45) is 4.40 Å². The van der Waals surface area contributed by atoms with Crippen LogP contribution in [0.1, 0.15) is 0 Å². The van der Waals surface area contributed by atoms with Crippen LogP contribution >= 0.6 is 0 Å². The van der Waals surface area contributed by atoms with Crippen molar-refractivity contribution in [2.45, 2.75) is 6.18 Å². The minimum absolute atomic E-state index is 0.358. The molecule has 4 nitrogen and oxygen atoms in total. The molecule has 0 radical (unpaired) electrons. The van der Waals surface area contributed by atoms with E-state index >= 15 is 0 Å². The van der Waals surface area contributed by atoms with Gasteiger partial charge in [0.05, 0.1) is 0 Å². The lowest BCUT2D eigenvalue weighted by atomic mass is 10.5. The normalized spacial score (nSPS) is 14.5. The molecule has 13 heavy (non-hydrogen) atoms. The summed E-state index contributed by atoms with van der Waals surface area (Å²) >= 11 is 0. The van der Waals surface area contributed by atoms with Gasteiger partial charge in [0.25, 0.3) is 0 Å². The van der Waals surface area contributed by atoms with Crippen LogP contribution in [-0.4, -0.2) is 39.4 Å². The second kappa shape index (κ2) is 3.48. The Labute approximate surface area is 72.2 Å². The SMILES string of the molecule is CN(C)C(=NS(=O)(=O)F)C(F)(F)F. The first-order chi connectivity index (χ1) is 5.54. The van der Waals surface area contributed by atoms with Gasteiger partial charge in [-0.05, 0) is 0 Å². The maximum absolute atomic E-state index is 11.9. The summed E-state index contributed by atoms with van der Waals surface area (Å²) in [7, 11) is -3.72. The highest BCUT2D eigenvalue weighted by Gasteiger charge is 2.39. The van der Waals surface area contributed by atoms with Crippen molar-refractivity contribution in [1.29, 1.82) is 0 Å². The van der Waals surface area contributed by atoms with E-state index in [9.17, 15) is 25.5 Å². The lowest BCUT2D eigenvalue weighted by Gasteiger charge is -2.16. The lowest BCUT2D eigenvalue weighted by Crippen LogP contribution is -2.36. The highest BCUT2D eigenvalue weighted by atomic mass is 32.3. The minimum atomic E-state index is -5.53. The average Bonchev–Trinajstić information content (AvgIpc) is 1.77. The summed E-state index contributed by atoms with van der Waals surface area (Å²) < 4.78 is 69.0. The summed E-state index contributed by atoms with van der Waals surface area (Å²) in [5.41, 5.74) is 0. The topological polar surface area (TPSA) is 49.7 Å². The van der Waals surface area contributed by atoms with Crippen molar-refractivity contribution in [2.75, 3.05) is 14.1 Å². The second-order valence-corrected chi connectivity index (χ2v) is 3.23. The molecule has 0 aliphatic rings. The average molecular weight is 222 g/mol. The van der Waals surface area contributed by atoms with Crippen molar-refractivity contribution in [3.8, 4) is 0 Å². The molecule has 78 valence electrons. The maximum Gasteiger partial charge on any atom is 0.450 e. The zero-order valence-corrected chi connectivity index (χ0v) is 7.45. The number of hydrogen-bond acceptors (Lipinski definition) is 2. The molecule has 0 unspecified atom stereocenters. The van der Waals surface area contributed by atoms with Gasteiger partial charge in [-0.25, -0.2) is 0 Å². The third-order valence-electron chi connectivity index (χ3n) is 0.873. The van der Waals surface area contributed by atoms with Crippen LogP contribution in [0.25, 0.3) is 0 Å². The standard InChI is InChI=1S/C4H6F4N2O2S/c1-10(2)3(4(5,6)7)9-13(8,11)12/h1-2H3. The molecule has 0 aromatic carbocycles. The van der Waals surface area contributed by atoms with Gasteiger partial charge in [-0.15, -0.1) is 4.40 Å². The largest absolute Gasteiger partial charge is 0.450 e. The first-order valence-corrected chi connectivity index (χ1v) is 4.17. The van der Waals surface area contributed by atoms with Crippen LogP contribution < -0.4 is 0 Å². The van der Waals surface area contributed by atoms with Gasteiger partial charge in [-0.2, -0.15) is 21.6 Å². The molecule has 0 saturated heterocycles. The van der Waals surface area contributed by atoms with Crippen molar-refractivity contribution in [1.82, 2.24) is 4.90 Å². The van der Waals surface area contributed by atoms with Gasteiger partial charge < -0.3 is 4.90 Å². The summed E-state index contributed by atoms with van der Waals surface area (Å²) in [4.78, 5) is 0.358. The van der Waals surface area contributed by atoms with Crippen molar-refractivity contribution in [3.05, 3.63) is 0 Å². The summed E-state index contributed by atoms with van der Waals surface area (Å²) in [6, 6.07) is 0. The smallest absolute Gasteiger partial charge is 0.358 e. The molecule has 0 rings (SSSR count). The zero-order valence-electron chi connectivity index (χ0n) is 6.63. The van der Waals surface area contributed by atoms with Crippen LogP contribution in [-0.2, 0) is 10.4 Å². The van der Waals surface area contributed by atoms with Gasteiger partial charge in [0, 0.05) is 14.1 Å². The van der Waals surface area contributed by atoms with E-state index in [-0.39, 0.29) is 0 Å². The summed E-state index contributed by atoms with van der Waals surface area (Å²) in [5, 5.41) is 0. The molecule has 0 aliphatic heterocycles. The Balaban J connectivity index is 5.19. The lowest BCUT2D eigenvalue weighted by molar-refractivity contribution is -0.0666. The van der Waals surface area contributed by atoms with Crippen LogP contribution in [0.3, 0.4) is 0 Å². The zero-order chi connectivity index (χ0) is 10.9. The molecule has 0 aromatic heterocycles. The van der Waals surface area contributed by atoms with Crippen molar-refractivity contribution in [3.63, 3.8) is 0 Å². The number of hydrogen-bond donors (Lipinski definition) is 0. The fourth-order valence-corrected chi connectivity index (χ4v) is 0.964. The number of halogens is 4. The minimum Gasteiger partial charge on any atom is -0.358 e.